The average Bonchev–Trinajstić information content (AvgIpc) is 2.52. The smallest absolute Gasteiger partial charge is 0.269 e. The Morgan fingerprint density at radius 2 is 1.76 bits per heavy atom. The van der Waals surface area contributed by atoms with E-state index in [1.54, 1.807) is 12.1 Å². The van der Waals surface area contributed by atoms with E-state index in [4.69, 9.17) is 5.11 Å². The number of aliphatic hydroxyl groups is 1. The highest BCUT2D eigenvalue weighted by Gasteiger charge is 2.11. The van der Waals surface area contributed by atoms with E-state index in [1.165, 1.54) is 12.1 Å². The van der Waals surface area contributed by atoms with Gasteiger partial charge < -0.3 is 10.4 Å². The molecule has 21 heavy (non-hydrogen) atoms. The number of rotatable bonds is 7. The Kier molecular flexibility index (Phi) is 5.29. The van der Waals surface area contributed by atoms with Crippen LogP contribution in [0.4, 0.5) is 11.4 Å². The summed E-state index contributed by atoms with van der Waals surface area (Å²) < 4.78 is 0. The van der Waals surface area contributed by atoms with Gasteiger partial charge in [-0.05, 0) is 30.5 Å². The van der Waals surface area contributed by atoms with Gasteiger partial charge in [0, 0.05) is 24.4 Å². The first kappa shape index (κ1) is 15.0. The SMILES string of the molecule is O=[N+]([O-])c1ccc(N[C@@H](CCCO)c2ccccc2)cc1. The number of anilines is 1. The van der Waals surface area contributed by atoms with E-state index in [0.29, 0.717) is 6.42 Å². The molecule has 5 nitrogen and oxygen atoms in total. The van der Waals surface area contributed by atoms with Crippen LogP contribution in [0.25, 0.3) is 0 Å². The summed E-state index contributed by atoms with van der Waals surface area (Å²) >= 11 is 0. The Balaban J connectivity index is 2.12. The summed E-state index contributed by atoms with van der Waals surface area (Å²) in [4.78, 5) is 10.2. The molecular formula is C16H18N2O3. The highest BCUT2D eigenvalue weighted by molar-refractivity contribution is 5.50. The van der Waals surface area contributed by atoms with Gasteiger partial charge in [0.15, 0.2) is 0 Å². The summed E-state index contributed by atoms with van der Waals surface area (Å²) in [5.74, 6) is 0. The molecule has 0 aromatic heterocycles. The highest BCUT2D eigenvalue weighted by atomic mass is 16.6. The molecule has 0 aliphatic rings. The zero-order valence-corrected chi connectivity index (χ0v) is 11.6. The van der Waals surface area contributed by atoms with Crippen molar-refractivity contribution in [3.05, 3.63) is 70.3 Å². The third-order valence-corrected chi connectivity index (χ3v) is 3.27. The Labute approximate surface area is 123 Å². The summed E-state index contributed by atoms with van der Waals surface area (Å²) in [7, 11) is 0. The van der Waals surface area contributed by atoms with E-state index in [1.807, 2.05) is 30.3 Å². The first-order valence-corrected chi connectivity index (χ1v) is 6.87. The van der Waals surface area contributed by atoms with E-state index in [9.17, 15) is 10.1 Å². The minimum absolute atomic E-state index is 0.0693. The molecule has 2 N–H and O–H groups in total. The normalized spacial score (nSPS) is 11.9. The van der Waals surface area contributed by atoms with Gasteiger partial charge in [-0.15, -0.1) is 0 Å². The lowest BCUT2D eigenvalue weighted by Gasteiger charge is -2.20. The lowest BCUT2D eigenvalue weighted by molar-refractivity contribution is -0.384. The molecule has 2 rings (SSSR count). The molecular weight excluding hydrogens is 268 g/mol. The lowest BCUT2D eigenvalue weighted by Crippen LogP contribution is -2.11. The molecule has 1 atom stereocenters. The minimum atomic E-state index is -0.412. The van der Waals surface area contributed by atoms with Gasteiger partial charge in [-0.3, -0.25) is 10.1 Å². The fraction of sp³-hybridized carbons (Fsp3) is 0.250. The van der Waals surface area contributed by atoms with Crippen LogP contribution in [0.3, 0.4) is 0 Å². The number of hydrogen-bond donors (Lipinski definition) is 2. The van der Waals surface area contributed by atoms with Crippen molar-refractivity contribution in [2.24, 2.45) is 0 Å². The summed E-state index contributed by atoms with van der Waals surface area (Å²) in [6.07, 6.45) is 1.48. The van der Waals surface area contributed by atoms with Gasteiger partial charge in [-0.1, -0.05) is 30.3 Å². The predicted octanol–water partition coefficient (Wildman–Crippen LogP) is 3.52. The van der Waals surface area contributed by atoms with E-state index in [-0.39, 0.29) is 18.3 Å². The van der Waals surface area contributed by atoms with E-state index >= 15 is 0 Å². The fourth-order valence-electron chi connectivity index (χ4n) is 2.18. The summed E-state index contributed by atoms with van der Waals surface area (Å²) in [5, 5.41) is 23.0. The van der Waals surface area contributed by atoms with Gasteiger partial charge in [0.2, 0.25) is 0 Å². The first-order valence-electron chi connectivity index (χ1n) is 6.87. The van der Waals surface area contributed by atoms with Gasteiger partial charge in [-0.25, -0.2) is 0 Å². The van der Waals surface area contributed by atoms with Crippen molar-refractivity contribution in [3.8, 4) is 0 Å². The van der Waals surface area contributed by atoms with E-state index < -0.39 is 4.92 Å². The fourth-order valence-corrected chi connectivity index (χ4v) is 2.18. The quantitative estimate of drug-likeness (QED) is 0.603. The molecule has 0 bridgehead atoms. The standard InChI is InChI=1S/C16H18N2O3/c19-12-4-7-16(13-5-2-1-3-6-13)17-14-8-10-15(11-9-14)18(20)21/h1-3,5-6,8-11,16-17,19H,4,7,12H2/t16-/m0/s1. The van der Waals surface area contributed by atoms with Crippen LogP contribution < -0.4 is 5.32 Å². The zero-order valence-electron chi connectivity index (χ0n) is 11.6. The van der Waals surface area contributed by atoms with Crippen LogP contribution in [0.15, 0.2) is 54.6 Å². The van der Waals surface area contributed by atoms with Crippen LogP contribution in [0, 0.1) is 10.1 Å². The minimum Gasteiger partial charge on any atom is -0.396 e. The summed E-state index contributed by atoms with van der Waals surface area (Å²) in [6.45, 7) is 0.144. The van der Waals surface area contributed by atoms with Gasteiger partial charge in [0.25, 0.3) is 5.69 Å². The summed E-state index contributed by atoms with van der Waals surface area (Å²) in [6, 6.07) is 16.4. The van der Waals surface area contributed by atoms with Crippen LogP contribution in [-0.4, -0.2) is 16.6 Å². The van der Waals surface area contributed by atoms with Crippen LogP contribution in [-0.2, 0) is 0 Å². The molecule has 0 heterocycles. The second-order valence-electron chi connectivity index (χ2n) is 4.78. The second-order valence-corrected chi connectivity index (χ2v) is 4.78. The number of nitrogens with one attached hydrogen (secondary N) is 1. The molecule has 0 radical (unpaired) electrons. The van der Waals surface area contributed by atoms with Crippen molar-refractivity contribution >= 4 is 11.4 Å². The number of nitro benzene ring substituents is 1. The van der Waals surface area contributed by atoms with Crippen molar-refractivity contribution in [2.75, 3.05) is 11.9 Å². The van der Waals surface area contributed by atoms with Crippen molar-refractivity contribution in [1.82, 2.24) is 0 Å². The highest BCUT2D eigenvalue weighted by Crippen LogP contribution is 2.25. The first-order chi connectivity index (χ1) is 10.2. The monoisotopic (exact) mass is 286 g/mol. The van der Waals surface area contributed by atoms with E-state index in [2.05, 4.69) is 5.32 Å². The van der Waals surface area contributed by atoms with Crippen LogP contribution in [0.5, 0.6) is 0 Å². The Morgan fingerprint density at radius 3 is 2.33 bits per heavy atom. The summed E-state index contributed by atoms with van der Waals surface area (Å²) in [5.41, 5.74) is 2.03. The number of benzene rings is 2. The molecule has 5 heteroatoms. The van der Waals surface area contributed by atoms with Gasteiger partial charge >= 0.3 is 0 Å². The number of non-ortho nitro benzene ring substituents is 1. The van der Waals surface area contributed by atoms with Gasteiger partial charge in [-0.2, -0.15) is 0 Å². The van der Waals surface area contributed by atoms with E-state index in [0.717, 1.165) is 17.7 Å². The number of aliphatic hydroxyl groups excluding tert-OH is 1. The molecule has 2 aromatic carbocycles. The molecule has 0 saturated heterocycles. The van der Waals surface area contributed by atoms with Crippen molar-refractivity contribution < 1.29 is 10.0 Å². The second kappa shape index (κ2) is 7.40. The third-order valence-electron chi connectivity index (χ3n) is 3.27. The molecule has 0 spiro atoms. The van der Waals surface area contributed by atoms with Gasteiger partial charge in [0.05, 0.1) is 11.0 Å². The average molecular weight is 286 g/mol. The van der Waals surface area contributed by atoms with Crippen molar-refractivity contribution in [2.45, 2.75) is 18.9 Å². The predicted molar refractivity (Wildman–Crippen MR) is 82.2 cm³/mol. The van der Waals surface area contributed by atoms with Crippen LogP contribution >= 0.6 is 0 Å². The van der Waals surface area contributed by atoms with Crippen molar-refractivity contribution in [1.29, 1.82) is 0 Å². The topological polar surface area (TPSA) is 75.4 Å². The van der Waals surface area contributed by atoms with Gasteiger partial charge in [0.1, 0.15) is 0 Å². The number of nitro groups is 1. The third kappa shape index (κ3) is 4.29. The molecule has 110 valence electrons. The Hall–Kier alpha value is -2.40. The number of hydrogen-bond acceptors (Lipinski definition) is 4. The number of nitrogens with zero attached hydrogens (tertiary/aromatic N) is 1. The molecule has 0 aliphatic carbocycles. The maximum Gasteiger partial charge on any atom is 0.269 e. The molecule has 2 aromatic rings. The molecule has 0 saturated carbocycles. The molecule has 0 aliphatic heterocycles. The molecule has 0 unspecified atom stereocenters. The largest absolute Gasteiger partial charge is 0.396 e. The Morgan fingerprint density at radius 1 is 1.10 bits per heavy atom. The van der Waals surface area contributed by atoms with Crippen LogP contribution in [0.1, 0.15) is 24.4 Å². The zero-order chi connectivity index (χ0) is 15.1. The Bertz CT molecular complexity index is 570. The maximum atomic E-state index is 10.7. The van der Waals surface area contributed by atoms with Crippen molar-refractivity contribution in [3.63, 3.8) is 0 Å². The molecule has 0 fully saturated rings. The van der Waals surface area contributed by atoms with Crippen LogP contribution in [0.2, 0.25) is 0 Å². The molecule has 0 amide bonds. The maximum absolute atomic E-state index is 10.7. The lowest BCUT2D eigenvalue weighted by atomic mass is 10.0.